The monoisotopic (exact) mass is 278 g/mol. The van der Waals surface area contributed by atoms with Crippen molar-refractivity contribution in [3.8, 4) is 0 Å². The van der Waals surface area contributed by atoms with Crippen molar-refractivity contribution < 1.29 is 14.2 Å². The molecule has 0 bridgehead atoms. The maximum Gasteiger partial charge on any atom is 0.147 e. The fourth-order valence-electron chi connectivity index (χ4n) is 1.50. The Balaban J connectivity index is 3.03. The molecule has 0 aliphatic rings. The largest absolute Gasteiger partial charge is 0.379 e. The molecule has 0 N–H and O–H groups in total. The summed E-state index contributed by atoms with van der Waals surface area (Å²) in [7, 11) is 3.17. The van der Waals surface area contributed by atoms with E-state index in [1.165, 1.54) is 0 Å². The van der Waals surface area contributed by atoms with Gasteiger partial charge in [0, 0.05) is 29.8 Å². The van der Waals surface area contributed by atoms with Gasteiger partial charge in [-0.3, -0.25) is 0 Å². The second kappa shape index (κ2) is 7.19. The Morgan fingerprint density at radius 1 is 1.18 bits per heavy atom. The molecule has 2 unspecified atom stereocenters. The lowest BCUT2D eigenvalue weighted by Crippen LogP contribution is -2.22. The summed E-state index contributed by atoms with van der Waals surface area (Å²) in [5.74, 6) is 0. The van der Waals surface area contributed by atoms with Gasteiger partial charge in [-0.1, -0.05) is 29.3 Å². The zero-order valence-corrected chi connectivity index (χ0v) is 11.6. The fourth-order valence-corrected chi connectivity index (χ4v) is 2.11. The molecule has 3 nitrogen and oxygen atoms in total. The highest BCUT2D eigenvalue weighted by atomic mass is 35.5. The van der Waals surface area contributed by atoms with Crippen LogP contribution in [0.1, 0.15) is 18.6 Å². The molecular weight excluding hydrogens is 263 g/mol. The first-order valence-electron chi connectivity index (χ1n) is 5.19. The lowest BCUT2D eigenvalue weighted by molar-refractivity contribution is -0.118. The number of benzene rings is 1. The van der Waals surface area contributed by atoms with Crippen molar-refractivity contribution in [3.05, 3.63) is 33.8 Å². The first-order valence-corrected chi connectivity index (χ1v) is 5.94. The minimum absolute atomic E-state index is 0.153. The molecule has 0 aliphatic carbocycles. The minimum atomic E-state index is -0.360. The lowest BCUT2D eigenvalue weighted by atomic mass is 10.1. The van der Waals surface area contributed by atoms with Crippen LogP contribution in [0.2, 0.25) is 10.0 Å². The second-order valence-electron chi connectivity index (χ2n) is 3.57. The smallest absolute Gasteiger partial charge is 0.147 e. The number of methoxy groups -OCH3 is 2. The third-order valence-corrected chi connectivity index (χ3v) is 3.11. The summed E-state index contributed by atoms with van der Waals surface area (Å²) in [6.45, 7) is 2.04. The van der Waals surface area contributed by atoms with Crippen LogP contribution in [0, 0.1) is 0 Å². The van der Waals surface area contributed by atoms with E-state index in [-0.39, 0.29) is 19.0 Å². The van der Waals surface area contributed by atoms with Crippen molar-refractivity contribution >= 4 is 23.2 Å². The highest BCUT2D eigenvalue weighted by molar-refractivity contribution is 6.36. The quantitative estimate of drug-likeness (QED) is 0.743. The van der Waals surface area contributed by atoms with Crippen molar-refractivity contribution in [2.45, 2.75) is 19.1 Å². The zero-order valence-electron chi connectivity index (χ0n) is 10.1. The van der Waals surface area contributed by atoms with E-state index < -0.39 is 0 Å². The van der Waals surface area contributed by atoms with Crippen LogP contribution in [0.3, 0.4) is 0 Å². The number of halogens is 2. The molecule has 0 aliphatic heterocycles. The average Bonchev–Trinajstić information content (AvgIpc) is 2.32. The number of hydrogen-bond acceptors (Lipinski definition) is 3. The van der Waals surface area contributed by atoms with Gasteiger partial charge in [-0.25, -0.2) is 0 Å². The van der Waals surface area contributed by atoms with Gasteiger partial charge in [-0.15, -0.1) is 0 Å². The Hall–Kier alpha value is -0.320. The predicted molar refractivity (Wildman–Crippen MR) is 68.6 cm³/mol. The van der Waals surface area contributed by atoms with Crippen LogP contribution >= 0.6 is 23.2 Å². The Morgan fingerprint density at radius 3 is 2.24 bits per heavy atom. The SMILES string of the molecule is COCOC(c1c(Cl)cccc1Cl)C(C)OC. The number of hydrogen-bond donors (Lipinski definition) is 0. The van der Waals surface area contributed by atoms with E-state index >= 15 is 0 Å². The van der Waals surface area contributed by atoms with Crippen molar-refractivity contribution in [2.24, 2.45) is 0 Å². The Labute approximate surface area is 112 Å². The average molecular weight is 279 g/mol. The van der Waals surface area contributed by atoms with Crippen LogP contribution in [0.4, 0.5) is 0 Å². The predicted octanol–water partition coefficient (Wildman–Crippen LogP) is 3.69. The molecule has 0 fully saturated rings. The number of ether oxygens (including phenoxy) is 3. The van der Waals surface area contributed by atoms with Crippen LogP contribution in [-0.2, 0) is 14.2 Å². The van der Waals surface area contributed by atoms with E-state index in [1.807, 2.05) is 6.92 Å². The maximum absolute atomic E-state index is 6.14. The summed E-state index contributed by atoms with van der Waals surface area (Å²) in [5.41, 5.74) is 0.724. The third-order valence-electron chi connectivity index (χ3n) is 2.45. The van der Waals surface area contributed by atoms with Crippen LogP contribution < -0.4 is 0 Å². The summed E-state index contributed by atoms with van der Waals surface area (Å²) < 4.78 is 15.8. The Bertz CT molecular complexity index is 337. The van der Waals surface area contributed by atoms with E-state index in [4.69, 9.17) is 37.4 Å². The molecule has 5 heteroatoms. The molecule has 0 saturated heterocycles. The summed E-state index contributed by atoms with van der Waals surface area (Å²) in [6, 6.07) is 5.33. The Morgan fingerprint density at radius 2 is 1.76 bits per heavy atom. The molecule has 1 aromatic rings. The van der Waals surface area contributed by atoms with Gasteiger partial charge in [0.05, 0.1) is 6.10 Å². The molecule has 0 amide bonds. The summed E-state index contributed by atoms with van der Waals surface area (Å²) in [5, 5.41) is 1.12. The van der Waals surface area contributed by atoms with Crippen LogP contribution in [0.25, 0.3) is 0 Å². The molecule has 0 spiro atoms. The molecule has 17 heavy (non-hydrogen) atoms. The van der Waals surface area contributed by atoms with Crippen molar-refractivity contribution in [1.29, 1.82) is 0 Å². The van der Waals surface area contributed by atoms with Crippen molar-refractivity contribution in [3.63, 3.8) is 0 Å². The third kappa shape index (κ3) is 3.83. The topological polar surface area (TPSA) is 27.7 Å². The van der Waals surface area contributed by atoms with Crippen LogP contribution in [-0.4, -0.2) is 27.1 Å². The first-order chi connectivity index (χ1) is 8.11. The molecule has 1 rings (SSSR count). The van der Waals surface area contributed by atoms with E-state index in [0.29, 0.717) is 10.0 Å². The van der Waals surface area contributed by atoms with E-state index in [2.05, 4.69) is 0 Å². The summed E-state index contributed by atoms with van der Waals surface area (Å²) in [4.78, 5) is 0. The van der Waals surface area contributed by atoms with Crippen molar-refractivity contribution in [2.75, 3.05) is 21.0 Å². The maximum atomic E-state index is 6.14. The fraction of sp³-hybridized carbons (Fsp3) is 0.500. The van der Waals surface area contributed by atoms with Crippen LogP contribution in [0.15, 0.2) is 18.2 Å². The van der Waals surface area contributed by atoms with Gasteiger partial charge in [-0.05, 0) is 19.1 Å². The van der Waals surface area contributed by atoms with Gasteiger partial charge in [0.1, 0.15) is 12.9 Å². The molecule has 0 radical (unpaired) electrons. The second-order valence-corrected chi connectivity index (χ2v) is 4.38. The van der Waals surface area contributed by atoms with Gasteiger partial charge < -0.3 is 14.2 Å². The normalized spacial score (nSPS) is 14.6. The summed E-state index contributed by atoms with van der Waals surface area (Å²) >= 11 is 12.3. The summed E-state index contributed by atoms with van der Waals surface area (Å²) in [6.07, 6.45) is -0.538. The van der Waals surface area contributed by atoms with Gasteiger partial charge >= 0.3 is 0 Å². The lowest BCUT2D eigenvalue weighted by Gasteiger charge is -2.25. The van der Waals surface area contributed by atoms with E-state index in [1.54, 1.807) is 32.4 Å². The van der Waals surface area contributed by atoms with Gasteiger partial charge in [0.15, 0.2) is 0 Å². The molecule has 1 aromatic carbocycles. The minimum Gasteiger partial charge on any atom is -0.379 e. The Kier molecular flexibility index (Phi) is 6.23. The van der Waals surface area contributed by atoms with Crippen LogP contribution in [0.5, 0.6) is 0 Å². The molecule has 96 valence electrons. The highest BCUT2D eigenvalue weighted by Crippen LogP contribution is 2.35. The van der Waals surface area contributed by atoms with Crippen molar-refractivity contribution in [1.82, 2.24) is 0 Å². The number of rotatable bonds is 6. The molecule has 0 heterocycles. The molecular formula is C12H16Cl2O3. The molecule has 0 saturated carbocycles. The van der Waals surface area contributed by atoms with E-state index in [9.17, 15) is 0 Å². The first kappa shape index (κ1) is 14.7. The molecule has 2 atom stereocenters. The van der Waals surface area contributed by atoms with Gasteiger partial charge in [-0.2, -0.15) is 0 Å². The van der Waals surface area contributed by atoms with Gasteiger partial charge in [0.25, 0.3) is 0 Å². The standard InChI is InChI=1S/C12H16Cl2O3/c1-8(16-3)12(17-7-15-2)11-9(13)5-4-6-10(11)14/h4-6,8,12H,7H2,1-3H3. The zero-order chi connectivity index (χ0) is 12.8. The highest BCUT2D eigenvalue weighted by Gasteiger charge is 2.24. The van der Waals surface area contributed by atoms with Gasteiger partial charge in [0.2, 0.25) is 0 Å². The molecule has 0 aromatic heterocycles. The van der Waals surface area contributed by atoms with E-state index in [0.717, 1.165) is 5.56 Å².